The molecule has 1 aliphatic rings. The second-order valence-electron chi connectivity index (χ2n) is 2.80. The van der Waals surface area contributed by atoms with Crippen molar-refractivity contribution in [2.75, 3.05) is 0 Å². The first kappa shape index (κ1) is 7.07. The predicted octanol–water partition coefficient (Wildman–Crippen LogP) is 1.68. The van der Waals surface area contributed by atoms with Gasteiger partial charge in [0.2, 0.25) is 0 Å². The molecule has 0 amide bonds. The monoisotopic (exact) mass is 168 g/mol. The van der Waals surface area contributed by atoms with Crippen LogP contribution in [0.25, 0.3) is 0 Å². The molecule has 1 aromatic rings. The molecule has 0 saturated carbocycles. The first-order valence-electron chi connectivity index (χ1n) is 3.68. The molecule has 0 aromatic carbocycles. The van der Waals surface area contributed by atoms with E-state index < -0.39 is 0 Å². The Kier molecular flexibility index (Phi) is 1.59. The minimum Gasteiger partial charge on any atom is -0.323 e. The zero-order chi connectivity index (χ0) is 7.84. The number of rotatable bonds is 0. The predicted molar refractivity (Wildman–Crippen MR) is 44.5 cm³/mol. The van der Waals surface area contributed by atoms with E-state index in [1.165, 1.54) is 0 Å². The molecule has 2 N–H and O–H groups in total. The molecule has 2 nitrogen and oxygen atoms in total. The Morgan fingerprint density at radius 3 is 3.18 bits per heavy atom. The van der Waals surface area contributed by atoms with Gasteiger partial charge in [-0.1, -0.05) is 11.6 Å². The van der Waals surface area contributed by atoms with Crippen LogP contribution in [0.15, 0.2) is 12.3 Å². The molecule has 1 aromatic heterocycles. The van der Waals surface area contributed by atoms with Gasteiger partial charge in [0.25, 0.3) is 0 Å². The van der Waals surface area contributed by atoms with Gasteiger partial charge in [-0.2, -0.15) is 0 Å². The highest BCUT2D eigenvalue weighted by Crippen LogP contribution is 2.31. The van der Waals surface area contributed by atoms with Crippen molar-refractivity contribution in [2.24, 2.45) is 5.73 Å². The summed E-state index contributed by atoms with van der Waals surface area (Å²) in [6.45, 7) is 0. The van der Waals surface area contributed by atoms with E-state index in [4.69, 9.17) is 17.3 Å². The summed E-state index contributed by atoms with van der Waals surface area (Å²) < 4.78 is 0. The van der Waals surface area contributed by atoms with Gasteiger partial charge in [-0.3, -0.25) is 4.98 Å². The lowest BCUT2D eigenvalue weighted by atomic mass is 10.2. The quantitative estimate of drug-likeness (QED) is 0.640. The Balaban J connectivity index is 2.57. The maximum Gasteiger partial charge on any atom is 0.0617 e. The lowest BCUT2D eigenvalue weighted by molar-refractivity contribution is 0.698. The molecule has 1 aliphatic carbocycles. The van der Waals surface area contributed by atoms with E-state index >= 15 is 0 Å². The maximum absolute atomic E-state index is 5.94. The van der Waals surface area contributed by atoms with Crippen LogP contribution < -0.4 is 5.73 Å². The number of nitrogens with two attached hydrogens (primary N) is 1. The summed E-state index contributed by atoms with van der Waals surface area (Å²) in [7, 11) is 0. The summed E-state index contributed by atoms with van der Waals surface area (Å²) >= 11 is 5.94. The fraction of sp³-hybridized carbons (Fsp3) is 0.375. The summed E-state index contributed by atoms with van der Waals surface area (Å²) in [4.78, 5) is 4.19. The van der Waals surface area contributed by atoms with Crippen molar-refractivity contribution in [1.82, 2.24) is 4.98 Å². The van der Waals surface area contributed by atoms with Crippen molar-refractivity contribution < 1.29 is 0 Å². The van der Waals surface area contributed by atoms with Crippen molar-refractivity contribution >= 4 is 11.6 Å². The highest BCUT2D eigenvalue weighted by molar-refractivity contribution is 6.31. The van der Waals surface area contributed by atoms with Crippen LogP contribution in [0, 0.1) is 0 Å². The number of aromatic nitrogens is 1. The number of fused-ring (bicyclic) bond motifs is 1. The molecule has 2 rings (SSSR count). The van der Waals surface area contributed by atoms with Crippen LogP contribution >= 0.6 is 11.6 Å². The third-order valence-corrected chi connectivity index (χ3v) is 2.44. The molecule has 1 unspecified atom stereocenters. The normalized spacial score (nSPS) is 21.8. The number of hydrogen-bond acceptors (Lipinski definition) is 2. The Morgan fingerprint density at radius 1 is 1.64 bits per heavy atom. The van der Waals surface area contributed by atoms with Crippen LogP contribution in [0.4, 0.5) is 0 Å². The molecule has 1 atom stereocenters. The van der Waals surface area contributed by atoms with E-state index in [9.17, 15) is 0 Å². The molecule has 11 heavy (non-hydrogen) atoms. The lowest BCUT2D eigenvalue weighted by Crippen LogP contribution is -2.06. The summed E-state index contributed by atoms with van der Waals surface area (Å²) in [6.07, 6.45) is 3.67. The van der Waals surface area contributed by atoms with Crippen LogP contribution in [-0.4, -0.2) is 4.98 Å². The van der Waals surface area contributed by atoms with Gasteiger partial charge in [0.1, 0.15) is 0 Å². The fourth-order valence-electron chi connectivity index (χ4n) is 1.49. The van der Waals surface area contributed by atoms with Crippen molar-refractivity contribution in [3.05, 3.63) is 28.5 Å². The third-order valence-electron chi connectivity index (χ3n) is 2.09. The third kappa shape index (κ3) is 1.03. The number of nitrogens with zero attached hydrogens (tertiary/aromatic N) is 1. The number of hydrogen-bond donors (Lipinski definition) is 1. The van der Waals surface area contributed by atoms with Gasteiger partial charge in [0.15, 0.2) is 0 Å². The van der Waals surface area contributed by atoms with Crippen molar-refractivity contribution in [3.8, 4) is 0 Å². The molecule has 0 spiro atoms. The molecular weight excluding hydrogens is 160 g/mol. The second-order valence-corrected chi connectivity index (χ2v) is 3.21. The minimum absolute atomic E-state index is 0.101. The number of pyridine rings is 1. The van der Waals surface area contributed by atoms with E-state index in [1.807, 2.05) is 6.07 Å². The Hall–Kier alpha value is -0.600. The Morgan fingerprint density at radius 2 is 2.45 bits per heavy atom. The molecule has 0 bridgehead atoms. The van der Waals surface area contributed by atoms with Crippen LogP contribution in [0.3, 0.4) is 0 Å². The molecule has 3 heteroatoms. The van der Waals surface area contributed by atoms with Gasteiger partial charge >= 0.3 is 0 Å². The molecule has 0 saturated heterocycles. The summed E-state index contributed by atoms with van der Waals surface area (Å²) in [5, 5.41) is 0.808. The zero-order valence-corrected chi connectivity index (χ0v) is 6.80. The van der Waals surface area contributed by atoms with Gasteiger partial charge in [-0.15, -0.1) is 0 Å². The molecule has 0 radical (unpaired) electrons. The van der Waals surface area contributed by atoms with E-state index in [0.717, 1.165) is 29.1 Å². The first-order valence-corrected chi connectivity index (χ1v) is 4.05. The van der Waals surface area contributed by atoms with Crippen molar-refractivity contribution in [2.45, 2.75) is 18.9 Å². The van der Waals surface area contributed by atoms with Gasteiger partial charge < -0.3 is 5.73 Å². The van der Waals surface area contributed by atoms with Gasteiger partial charge in [0.05, 0.1) is 5.69 Å². The molecule has 1 heterocycles. The fourth-order valence-corrected chi connectivity index (χ4v) is 1.74. The minimum atomic E-state index is 0.101. The largest absolute Gasteiger partial charge is 0.323 e. The van der Waals surface area contributed by atoms with Crippen LogP contribution in [0.1, 0.15) is 23.7 Å². The summed E-state index contributed by atoms with van der Waals surface area (Å²) in [5.41, 5.74) is 7.92. The highest BCUT2D eigenvalue weighted by Gasteiger charge is 2.21. The maximum atomic E-state index is 5.94. The average molecular weight is 169 g/mol. The molecular formula is C8H9ClN2. The summed E-state index contributed by atoms with van der Waals surface area (Å²) in [5.74, 6) is 0. The summed E-state index contributed by atoms with van der Waals surface area (Å²) in [6, 6.07) is 1.92. The average Bonchev–Trinajstić information content (AvgIpc) is 2.35. The standard InChI is InChI=1S/C8H9ClN2/c9-6-3-4-11-8-5(6)1-2-7(8)10/h3-4,7H,1-2,10H2. The van der Waals surface area contributed by atoms with E-state index in [1.54, 1.807) is 6.20 Å². The number of halogens is 1. The first-order chi connectivity index (χ1) is 5.29. The van der Waals surface area contributed by atoms with E-state index in [2.05, 4.69) is 4.98 Å². The Labute approximate surface area is 70.4 Å². The smallest absolute Gasteiger partial charge is 0.0617 e. The van der Waals surface area contributed by atoms with E-state index in [0.29, 0.717) is 0 Å². The van der Waals surface area contributed by atoms with Crippen molar-refractivity contribution in [3.63, 3.8) is 0 Å². The topological polar surface area (TPSA) is 38.9 Å². The zero-order valence-electron chi connectivity index (χ0n) is 6.05. The van der Waals surface area contributed by atoms with Crippen LogP contribution in [0.5, 0.6) is 0 Å². The van der Waals surface area contributed by atoms with Crippen LogP contribution in [0.2, 0.25) is 5.02 Å². The van der Waals surface area contributed by atoms with Gasteiger partial charge in [-0.05, 0) is 24.5 Å². The second kappa shape index (κ2) is 2.47. The van der Waals surface area contributed by atoms with Crippen LogP contribution in [-0.2, 0) is 6.42 Å². The van der Waals surface area contributed by atoms with Crippen molar-refractivity contribution in [1.29, 1.82) is 0 Å². The van der Waals surface area contributed by atoms with Gasteiger partial charge in [0, 0.05) is 17.3 Å². The Bertz CT molecular complexity index is 285. The van der Waals surface area contributed by atoms with Gasteiger partial charge in [-0.25, -0.2) is 0 Å². The molecule has 0 fully saturated rings. The SMILES string of the molecule is NC1CCc2c(Cl)ccnc21. The van der Waals surface area contributed by atoms with E-state index in [-0.39, 0.29) is 6.04 Å². The lowest BCUT2D eigenvalue weighted by Gasteiger charge is -2.02. The highest BCUT2D eigenvalue weighted by atomic mass is 35.5. The molecule has 58 valence electrons. The molecule has 0 aliphatic heterocycles.